The first-order valence-electron chi connectivity index (χ1n) is 7.65. The van der Waals surface area contributed by atoms with Gasteiger partial charge in [0.05, 0.1) is 17.4 Å². The molecule has 110 valence electrons. The lowest BCUT2D eigenvalue weighted by Crippen LogP contribution is -2.40. The average Bonchev–Trinajstić information content (AvgIpc) is 3.00. The normalized spacial score (nSPS) is 22.0. The van der Waals surface area contributed by atoms with Gasteiger partial charge >= 0.3 is 0 Å². The average molecular weight is 283 g/mol. The molecule has 1 heterocycles. The summed E-state index contributed by atoms with van der Waals surface area (Å²) in [4.78, 5) is 12.3. The van der Waals surface area contributed by atoms with Crippen LogP contribution >= 0.6 is 0 Å². The summed E-state index contributed by atoms with van der Waals surface area (Å²) >= 11 is 0. The monoisotopic (exact) mass is 283 g/mol. The summed E-state index contributed by atoms with van der Waals surface area (Å²) in [5.41, 5.74) is 1.58. The van der Waals surface area contributed by atoms with Gasteiger partial charge in [0.25, 0.3) is 5.91 Å². The van der Waals surface area contributed by atoms with Gasteiger partial charge in [0.2, 0.25) is 0 Å². The SMILES string of the molecule is CC1CCCCC1NC(=O)c1cnn(-c2ccccc2)c1. The van der Waals surface area contributed by atoms with Crippen LogP contribution in [-0.4, -0.2) is 21.7 Å². The molecule has 0 radical (unpaired) electrons. The Hall–Kier alpha value is -2.10. The van der Waals surface area contributed by atoms with Crippen molar-refractivity contribution in [3.8, 4) is 5.69 Å². The molecule has 1 fully saturated rings. The number of para-hydroxylation sites is 1. The minimum absolute atomic E-state index is 0.0177. The molecule has 2 aromatic rings. The van der Waals surface area contributed by atoms with Crippen LogP contribution in [0.5, 0.6) is 0 Å². The molecule has 1 aliphatic carbocycles. The van der Waals surface area contributed by atoms with Crippen LogP contribution in [0.3, 0.4) is 0 Å². The van der Waals surface area contributed by atoms with E-state index in [0.29, 0.717) is 17.5 Å². The second kappa shape index (κ2) is 6.12. The third-order valence-electron chi connectivity index (χ3n) is 4.29. The molecular weight excluding hydrogens is 262 g/mol. The molecule has 1 aromatic heterocycles. The van der Waals surface area contributed by atoms with Crippen molar-refractivity contribution < 1.29 is 4.79 Å². The molecule has 2 unspecified atom stereocenters. The molecule has 4 nitrogen and oxygen atoms in total. The topological polar surface area (TPSA) is 46.9 Å². The van der Waals surface area contributed by atoms with E-state index in [1.807, 2.05) is 30.3 Å². The van der Waals surface area contributed by atoms with Gasteiger partial charge in [-0.3, -0.25) is 4.79 Å². The summed E-state index contributed by atoms with van der Waals surface area (Å²) in [7, 11) is 0. The van der Waals surface area contributed by atoms with Crippen molar-refractivity contribution in [2.45, 2.75) is 38.6 Å². The van der Waals surface area contributed by atoms with Gasteiger partial charge in [-0.05, 0) is 30.9 Å². The van der Waals surface area contributed by atoms with Gasteiger partial charge in [0, 0.05) is 12.2 Å². The van der Waals surface area contributed by atoms with Crippen LogP contribution in [0.4, 0.5) is 0 Å². The summed E-state index contributed by atoms with van der Waals surface area (Å²) in [6.07, 6.45) is 8.19. The number of carbonyl (C=O) groups excluding carboxylic acids is 1. The zero-order valence-electron chi connectivity index (χ0n) is 12.3. The highest BCUT2D eigenvalue weighted by Crippen LogP contribution is 2.24. The van der Waals surface area contributed by atoms with E-state index in [0.717, 1.165) is 12.1 Å². The largest absolute Gasteiger partial charge is 0.349 e. The molecule has 4 heteroatoms. The Morgan fingerprint density at radius 3 is 2.76 bits per heavy atom. The number of rotatable bonds is 3. The Morgan fingerprint density at radius 2 is 2.00 bits per heavy atom. The highest BCUT2D eigenvalue weighted by Gasteiger charge is 2.23. The highest BCUT2D eigenvalue weighted by molar-refractivity contribution is 5.94. The van der Waals surface area contributed by atoms with Crippen molar-refractivity contribution in [2.24, 2.45) is 5.92 Å². The van der Waals surface area contributed by atoms with E-state index >= 15 is 0 Å². The number of carbonyl (C=O) groups is 1. The second-order valence-corrected chi connectivity index (χ2v) is 5.85. The molecule has 0 bridgehead atoms. The van der Waals surface area contributed by atoms with Crippen molar-refractivity contribution >= 4 is 5.91 Å². The van der Waals surface area contributed by atoms with Crippen LogP contribution in [0.1, 0.15) is 43.0 Å². The fraction of sp³-hybridized carbons (Fsp3) is 0.412. The zero-order valence-corrected chi connectivity index (χ0v) is 12.3. The Bertz CT molecular complexity index is 606. The molecule has 1 saturated carbocycles. The van der Waals surface area contributed by atoms with Crippen molar-refractivity contribution in [1.82, 2.24) is 15.1 Å². The number of aromatic nitrogens is 2. The first kappa shape index (κ1) is 13.9. The molecule has 0 aliphatic heterocycles. The van der Waals surface area contributed by atoms with Crippen LogP contribution in [0.15, 0.2) is 42.7 Å². The van der Waals surface area contributed by atoms with Gasteiger partial charge < -0.3 is 5.32 Å². The Balaban J connectivity index is 1.69. The van der Waals surface area contributed by atoms with E-state index in [2.05, 4.69) is 17.3 Å². The third kappa shape index (κ3) is 3.15. The Labute approximate surface area is 125 Å². The van der Waals surface area contributed by atoms with Gasteiger partial charge in [0.15, 0.2) is 0 Å². The van der Waals surface area contributed by atoms with E-state index in [1.54, 1.807) is 17.1 Å². The van der Waals surface area contributed by atoms with Crippen LogP contribution < -0.4 is 5.32 Å². The van der Waals surface area contributed by atoms with Crippen LogP contribution in [0.25, 0.3) is 5.69 Å². The fourth-order valence-corrected chi connectivity index (χ4v) is 2.94. The minimum Gasteiger partial charge on any atom is -0.349 e. The van der Waals surface area contributed by atoms with E-state index in [4.69, 9.17) is 0 Å². The lowest BCUT2D eigenvalue weighted by molar-refractivity contribution is 0.0910. The molecule has 1 N–H and O–H groups in total. The molecule has 3 rings (SSSR count). The maximum atomic E-state index is 12.3. The summed E-state index contributed by atoms with van der Waals surface area (Å²) in [5, 5.41) is 7.43. The standard InChI is InChI=1S/C17H21N3O/c1-13-7-5-6-10-16(13)19-17(21)14-11-18-20(12-14)15-8-3-2-4-9-15/h2-4,8-9,11-13,16H,5-7,10H2,1H3,(H,19,21). The predicted octanol–water partition coefficient (Wildman–Crippen LogP) is 3.18. The van der Waals surface area contributed by atoms with Crippen LogP contribution in [0.2, 0.25) is 0 Å². The molecular formula is C17H21N3O. The molecule has 2 atom stereocenters. The second-order valence-electron chi connectivity index (χ2n) is 5.85. The van der Waals surface area contributed by atoms with Gasteiger partial charge in [0.1, 0.15) is 0 Å². The van der Waals surface area contributed by atoms with E-state index in [1.165, 1.54) is 19.3 Å². The van der Waals surface area contributed by atoms with Crippen molar-refractivity contribution in [2.75, 3.05) is 0 Å². The number of hydrogen-bond donors (Lipinski definition) is 1. The van der Waals surface area contributed by atoms with Crippen LogP contribution in [-0.2, 0) is 0 Å². The molecule has 21 heavy (non-hydrogen) atoms. The summed E-state index contributed by atoms with van der Waals surface area (Å²) in [6, 6.07) is 10.1. The van der Waals surface area contributed by atoms with Gasteiger partial charge in [-0.1, -0.05) is 38.0 Å². The lowest BCUT2D eigenvalue weighted by atomic mass is 9.86. The first-order valence-corrected chi connectivity index (χ1v) is 7.65. The summed E-state index contributed by atoms with van der Waals surface area (Å²) < 4.78 is 1.74. The summed E-state index contributed by atoms with van der Waals surface area (Å²) in [6.45, 7) is 2.22. The first-order chi connectivity index (χ1) is 10.2. The highest BCUT2D eigenvalue weighted by atomic mass is 16.1. The maximum absolute atomic E-state index is 12.3. The third-order valence-corrected chi connectivity index (χ3v) is 4.29. The lowest BCUT2D eigenvalue weighted by Gasteiger charge is -2.29. The number of amides is 1. The molecule has 0 saturated heterocycles. The van der Waals surface area contributed by atoms with Gasteiger partial charge in [-0.2, -0.15) is 5.10 Å². The van der Waals surface area contributed by atoms with E-state index < -0.39 is 0 Å². The van der Waals surface area contributed by atoms with Crippen molar-refractivity contribution in [3.63, 3.8) is 0 Å². The van der Waals surface area contributed by atoms with Gasteiger partial charge in [-0.15, -0.1) is 0 Å². The van der Waals surface area contributed by atoms with Crippen molar-refractivity contribution in [1.29, 1.82) is 0 Å². The number of nitrogens with one attached hydrogen (secondary N) is 1. The number of benzene rings is 1. The smallest absolute Gasteiger partial charge is 0.254 e. The number of nitrogens with zero attached hydrogens (tertiary/aromatic N) is 2. The van der Waals surface area contributed by atoms with E-state index in [-0.39, 0.29) is 5.91 Å². The maximum Gasteiger partial charge on any atom is 0.254 e. The van der Waals surface area contributed by atoms with E-state index in [9.17, 15) is 4.79 Å². The molecule has 1 amide bonds. The quantitative estimate of drug-likeness (QED) is 0.940. The Kier molecular flexibility index (Phi) is 4.04. The zero-order chi connectivity index (χ0) is 14.7. The van der Waals surface area contributed by atoms with Crippen molar-refractivity contribution in [3.05, 3.63) is 48.3 Å². The minimum atomic E-state index is -0.0177. The summed E-state index contributed by atoms with van der Waals surface area (Å²) in [5.74, 6) is 0.544. The number of hydrogen-bond acceptors (Lipinski definition) is 2. The molecule has 1 aromatic carbocycles. The molecule has 1 aliphatic rings. The van der Waals surface area contributed by atoms with Gasteiger partial charge in [-0.25, -0.2) is 4.68 Å². The fourth-order valence-electron chi connectivity index (χ4n) is 2.94. The Morgan fingerprint density at radius 1 is 1.24 bits per heavy atom. The molecule has 0 spiro atoms. The van der Waals surface area contributed by atoms with Crippen LogP contribution in [0, 0.1) is 5.92 Å². The predicted molar refractivity (Wildman–Crippen MR) is 82.5 cm³/mol.